The van der Waals surface area contributed by atoms with Crippen molar-refractivity contribution >= 4 is 28.2 Å². The predicted octanol–water partition coefficient (Wildman–Crippen LogP) is 3.35. The number of phenols is 1. The summed E-state index contributed by atoms with van der Waals surface area (Å²) in [6, 6.07) is 10.9. The van der Waals surface area contributed by atoms with Gasteiger partial charge in [-0.3, -0.25) is 4.79 Å². The number of piperazine rings is 1. The van der Waals surface area contributed by atoms with Gasteiger partial charge in [0.1, 0.15) is 18.2 Å². The van der Waals surface area contributed by atoms with Crippen LogP contribution < -0.4 is 14.5 Å². The zero-order chi connectivity index (χ0) is 27.1. The SMILES string of the molecule is CC(=O)N1CCN(c2nc(OC[C@@H]3CCCN3C)nc3c2CCN(c2c(C)c(O)cc4ccccc24)C3)CC1. The number of likely N-dealkylation sites (N-methyl/N-ethyl adjacent to an activating group) is 1. The van der Waals surface area contributed by atoms with Gasteiger partial charge in [-0.15, -0.1) is 0 Å². The molecule has 0 aliphatic carbocycles. The first-order valence-corrected chi connectivity index (χ1v) is 14.1. The summed E-state index contributed by atoms with van der Waals surface area (Å²) in [5.41, 5.74) is 4.07. The Bertz CT molecular complexity index is 1390. The molecule has 2 fully saturated rings. The van der Waals surface area contributed by atoms with Crippen molar-refractivity contribution in [2.24, 2.45) is 0 Å². The van der Waals surface area contributed by atoms with Crippen molar-refractivity contribution in [2.45, 2.75) is 45.7 Å². The van der Waals surface area contributed by atoms with Crippen LogP contribution in [0, 0.1) is 6.92 Å². The van der Waals surface area contributed by atoms with Crippen LogP contribution in [0.25, 0.3) is 10.8 Å². The van der Waals surface area contributed by atoms with E-state index in [1.54, 1.807) is 6.92 Å². The molecular weight excluding hydrogens is 492 g/mol. The van der Waals surface area contributed by atoms with E-state index in [9.17, 15) is 9.90 Å². The minimum Gasteiger partial charge on any atom is -0.508 e. The van der Waals surface area contributed by atoms with Crippen LogP contribution in [-0.2, 0) is 17.8 Å². The van der Waals surface area contributed by atoms with Gasteiger partial charge in [-0.25, -0.2) is 0 Å². The van der Waals surface area contributed by atoms with Crippen molar-refractivity contribution in [3.63, 3.8) is 0 Å². The van der Waals surface area contributed by atoms with Crippen LogP contribution in [0.1, 0.15) is 36.6 Å². The molecule has 6 rings (SSSR count). The molecule has 3 aromatic rings. The van der Waals surface area contributed by atoms with Crippen molar-refractivity contribution in [2.75, 3.05) is 62.7 Å². The first-order valence-electron chi connectivity index (χ1n) is 14.1. The third-order valence-electron chi connectivity index (χ3n) is 8.69. The molecule has 3 aliphatic heterocycles. The Balaban J connectivity index is 1.34. The summed E-state index contributed by atoms with van der Waals surface area (Å²) in [4.78, 5) is 30.7. The molecule has 0 spiro atoms. The summed E-state index contributed by atoms with van der Waals surface area (Å²) in [5.74, 6) is 1.37. The molecule has 0 unspecified atom stereocenters. The zero-order valence-corrected chi connectivity index (χ0v) is 23.2. The number of amides is 1. The Morgan fingerprint density at radius 1 is 1.08 bits per heavy atom. The van der Waals surface area contributed by atoms with E-state index < -0.39 is 0 Å². The van der Waals surface area contributed by atoms with Gasteiger partial charge in [0.05, 0.1) is 17.9 Å². The highest BCUT2D eigenvalue weighted by molar-refractivity contribution is 5.97. The fourth-order valence-corrected chi connectivity index (χ4v) is 6.32. The number of aromatic nitrogens is 2. The Morgan fingerprint density at radius 2 is 1.87 bits per heavy atom. The summed E-state index contributed by atoms with van der Waals surface area (Å²) >= 11 is 0. The van der Waals surface area contributed by atoms with Gasteiger partial charge in [0, 0.05) is 62.2 Å². The van der Waals surface area contributed by atoms with Crippen LogP contribution in [0.5, 0.6) is 11.8 Å². The van der Waals surface area contributed by atoms with E-state index in [2.05, 4.69) is 27.8 Å². The normalized spacial score (nSPS) is 20.0. The number of likely N-dealkylation sites (tertiary alicyclic amines) is 1. The highest BCUT2D eigenvalue weighted by Crippen LogP contribution is 2.39. The Hall–Kier alpha value is -3.59. The molecule has 4 heterocycles. The molecule has 0 radical (unpaired) electrons. The van der Waals surface area contributed by atoms with Crippen LogP contribution >= 0.6 is 0 Å². The predicted molar refractivity (Wildman–Crippen MR) is 153 cm³/mol. The lowest BCUT2D eigenvalue weighted by atomic mass is 9.99. The molecule has 9 nitrogen and oxygen atoms in total. The average molecular weight is 531 g/mol. The monoisotopic (exact) mass is 530 g/mol. The van der Waals surface area contributed by atoms with Gasteiger partial charge >= 0.3 is 6.01 Å². The summed E-state index contributed by atoms with van der Waals surface area (Å²) in [7, 11) is 2.15. The van der Waals surface area contributed by atoms with E-state index in [4.69, 9.17) is 14.7 Å². The number of rotatable bonds is 5. The molecular formula is C30H38N6O3. The van der Waals surface area contributed by atoms with Crippen molar-refractivity contribution in [1.29, 1.82) is 0 Å². The standard InChI is InChI=1S/C30H38N6O3/c1-20-27(38)17-22-7-4-5-9-24(22)28(20)36-12-10-25-26(18-36)31-30(39-19-23-8-6-11-33(23)3)32-29(25)35-15-13-34(14-16-35)21(2)37/h4-5,7,9,17,23,38H,6,8,10-16,18-19H2,1-3H3/t23-/m0/s1. The van der Waals surface area contributed by atoms with Crippen LogP contribution in [0.2, 0.25) is 0 Å². The number of ether oxygens (including phenoxy) is 1. The lowest BCUT2D eigenvalue weighted by Crippen LogP contribution is -2.49. The van der Waals surface area contributed by atoms with E-state index in [0.29, 0.717) is 44.0 Å². The van der Waals surface area contributed by atoms with E-state index in [-0.39, 0.29) is 5.91 Å². The quantitative estimate of drug-likeness (QED) is 0.538. The largest absolute Gasteiger partial charge is 0.508 e. The minimum absolute atomic E-state index is 0.119. The Kier molecular flexibility index (Phi) is 6.93. The molecule has 1 amide bonds. The number of anilines is 2. The average Bonchev–Trinajstić information content (AvgIpc) is 3.36. The molecule has 0 bridgehead atoms. The van der Waals surface area contributed by atoms with Gasteiger partial charge in [0.2, 0.25) is 5.91 Å². The number of aromatic hydroxyl groups is 1. The van der Waals surface area contributed by atoms with E-state index in [1.807, 2.05) is 36.1 Å². The fourth-order valence-electron chi connectivity index (χ4n) is 6.32. The third-order valence-corrected chi connectivity index (χ3v) is 8.69. The molecule has 206 valence electrons. The topological polar surface area (TPSA) is 85.3 Å². The number of benzene rings is 2. The number of carbonyl (C=O) groups excluding carboxylic acids is 1. The first kappa shape index (κ1) is 25.7. The van der Waals surface area contributed by atoms with Crippen LogP contribution in [0.4, 0.5) is 11.5 Å². The van der Waals surface area contributed by atoms with Gasteiger partial charge in [-0.2, -0.15) is 9.97 Å². The first-order chi connectivity index (χ1) is 18.9. The number of nitrogens with zero attached hydrogens (tertiary/aromatic N) is 6. The molecule has 0 saturated carbocycles. The lowest BCUT2D eigenvalue weighted by molar-refractivity contribution is -0.129. The molecule has 3 aliphatic rings. The maximum atomic E-state index is 11.9. The lowest BCUT2D eigenvalue weighted by Gasteiger charge is -2.38. The van der Waals surface area contributed by atoms with Crippen molar-refractivity contribution < 1.29 is 14.6 Å². The minimum atomic E-state index is 0.119. The number of hydrogen-bond donors (Lipinski definition) is 1. The second-order valence-corrected chi connectivity index (χ2v) is 11.1. The summed E-state index contributed by atoms with van der Waals surface area (Å²) in [6.45, 7) is 9.58. The van der Waals surface area contributed by atoms with Gasteiger partial charge in [0.25, 0.3) is 0 Å². The zero-order valence-electron chi connectivity index (χ0n) is 23.2. The van der Waals surface area contributed by atoms with Gasteiger partial charge in [-0.05, 0) is 51.2 Å². The fraction of sp³-hybridized carbons (Fsp3) is 0.500. The number of hydrogen-bond acceptors (Lipinski definition) is 8. The molecule has 9 heteroatoms. The Morgan fingerprint density at radius 3 is 2.62 bits per heavy atom. The molecule has 39 heavy (non-hydrogen) atoms. The molecule has 1 aromatic heterocycles. The molecule has 2 saturated heterocycles. The van der Waals surface area contributed by atoms with Gasteiger partial charge < -0.3 is 29.4 Å². The summed E-state index contributed by atoms with van der Waals surface area (Å²) in [6.07, 6.45) is 3.11. The van der Waals surface area contributed by atoms with E-state index in [1.165, 1.54) is 6.42 Å². The molecule has 1 atom stereocenters. The highest BCUT2D eigenvalue weighted by atomic mass is 16.5. The smallest absolute Gasteiger partial charge is 0.318 e. The van der Waals surface area contributed by atoms with Crippen molar-refractivity contribution in [1.82, 2.24) is 19.8 Å². The summed E-state index contributed by atoms with van der Waals surface area (Å²) in [5, 5.41) is 12.9. The number of carbonyl (C=O) groups is 1. The molecule has 1 N–H and O–H groups in total. The number of phenolic OH excluding ortho intramolecular Hbond substituents is 1. The van der Waals surface area contributed by atoms with Crippen molar-refractivity contribution in [3.8, 4) is 11.8 Å². The van der Waals surface area contributed by atoms with E-state index in [0.717, 1.165) is 78.1 Å². The third kappa shape index (κ3) is 4.95. The maximum absolute atomic E-state index is 11.9. The number of fused-ring (bicyclic) bond motifs is 2. The Labute approximate surface area is 230 Å². The van der Waals surface area contributed by atoms with Gasteiger partial charge in [-0.1, -0.05) is 24.3 Å². The van der Waals surface area contributed by atoms with Crippen molar-refractivity contribution in [3.05, 3.63) is 47.2 Å². The van der Waals surface area contributed by atoms with Gasteiger partial charge in [0.15, 0.2) is 0 Å². The second-order valence-electron chi connectivity index (χ2n) is 11.1. The van der Waals surface area contributed by atoms with Crippen LogP contribution in [0.3, 0.4) is 0 Å². The van der Waals surface area contributed by atoms with E-state index >= 15 is 0 Å². The maximum Gasteiger partial charge on any atom is 0.318 e. The highest BCUT2D eigenvalue weighted by Gasteiger charge is 2.30. The van der Waals surface area contributed by atoms with Crippen LogP contribution in [0.15, 0.2) is 30.3 Å². The molecule has 2 aromatic carbocycles. The van der Waals surface area contributed by atoms with Crippen LogP contribution in [-0.4, -0.2) is 89.7 Å². The summed E-state index contributed by atoms with van der Waals surface area (Å²) < 4.78 is 6.26. The second kappa shape index (κ2) is 10.5.